The Morgan fingerprint density at radius 1 is 1.37 bits per heavy atom. The molecule has 2 aromatic rings. The molecule has 0 saturated carbocycles. The first-order chi connectivity index (χ1) is 8.97. The fraction of sp³-hybridized carbons (Fsp3) is 0.154. The standard InChI is InChI=1S/C13H12ClIN2OS/c1-17(2)11-4-3-9(6-10(11)14)16-13(18)8-5-12(15)19-7-8/h3-7H,1-2H3,(H,16,18). The highest BCUT2D eigenvalue weighted by molar-refractivity contribution is 14.1. The highest BCUT2D eigenvalue weighted by Crippen LogP contribution is 2.27. The Morgan fingerprint density at radius 3 is 2.63 bits per heavy atom. The van der Waals surface area contributed by atoms with E-state index in [2.05, 4.69) is 27.9 Å². The largest absolute Gasteiger partial charge is 0.376 e. The highest BCUT2D eigenvalue weighted by Gasteiger charge is 2.10. The molecule has 0 aliphatic rings. The predicted molar refractivity (Wildman–Crippen MR) is 90.8 cm³/mol. The molecular weight excluding hydrogens is 395 g/mol. The van der Waals surface area contributed by atoms with Crippen molar-refractivity contribution in [1.82, 2.24) is 0 Å². The Bertz CT molecular complexity index is 612. The van der Waals surface area contributed by atoms with E-state index >= 15 is 0 Å². The number of carbonyl (C=O) groups is 1. The maximum Gasteiger partial charge on any atom is 0.256 e. The Kier molecular flexibility index (Phi) is 4.70. The number of thiophene rings is 1. The second kappa shape index (κ2) is 6.11. The van der Waals surface area contributed by atoms with E-state index in [1.807, 2.05) is 42.6 Å². The molecule has 0 fully saturated rings. The van der Waals surface area contributed by atoms with E-state index in [-0.39, 0.29) is 5.91 Å². The number of benzene rings is 1. The molecule has 0 saturated heterocycles. The van der Waals surface area contributed by atoms with E-state index in [1.165, 1.54) is 0 Å². The van der Waals surface area contributed by atoms with Crippen molar-refractivity contribution in [1.29, 1.82) is 0 Å². The third-order valence-electron chi connectivity index (χ3n) is 2.52. The lowest BCUT2D eigenvalue weighted by molar-refractivity contribution is 0.102. The van der Waals surface area contributed by atoms with Gasteiger partial charge in [-0.3, -0.25) is 4.79 Å². The molecule has 0 radical (unpaired) electrons. The summed E-state index contributed by atoms with van der Waals surface area (Å²) in [5.74, 6) is -0.118. The van der Waals surface area contributed by atoms with Crippen LogP contribution in [0.2, 0.25) is 5.02 Å². The summed E-state index contributed by atoms with van der Waals surface area (Å²) in [5, 5.41) is 5.29. The number of hydrogen-bond donors (Lipinski definition) is 1. The van der Waals surface area contributed by atoms with Gasteiger partial charge in [-0.05, 0) is 46.9 Å². The average molecular weight is 407 g/mol. The number of nitrogens with zero attached hydrogens (tertiary/aromatic N) is 1. The summed E-state index contributed by atoms with van der Waals surface area (Å²) >= 11 is 9.91. The lowest BCUT2D eigenvalue weighted by Crippen LogP contribution is -2.12. The summed E-state index contributed by atoms with van der Waals surface area (Å²) in [6.07, 6.45) is 0. The molecule has 1 aromatic heterocycles. The molecule has 1 heterocycles. The number of anilines is 2. The summed E-state index contributed by atoms with van der Waals surface area (Å²) in [7, 11) is 3.85. The van der Waals surface area contributed by atoms with Gasteiger partial charge in [-0.2, -0.15) is 0 Å². The molecule has 1 N–H and O–H groups in total. The van der Waals surface area contributed by atoms with Gasteiger partial charge in [-0.1, -0.05) is 11.6 Å². The van der Waals surface area contributed by atoms with Gasteiger partial charge in [0.05, 0.1) is 19.2 Å². The number of nitrogens with one attached hydrogen (secondary N) is 1. The molecule has 19 heavy (non-hydrogen) atoms. The summed E-state index contributed by atoms with van der Waals surface area (Å²) in [5.41, 5.74) is 2.29. The molecule has 0 aliphatic carbocycles. The van der Waals surface area contributed by atoms with Gasteiger partial charge in [-0.15, -0.1) is 11.3 Å². The van der Waals surface area contributed by atoms with Crippen molar-refractivity contribution in [3.05, 3.63) is 43.1 Å². The minimum atomic E-state index is -0.118. The summed E-state index contributed by atoms with van der Waals surface area (Å²) < 4.78 is 1.09. The van der Waals surface area contributed by atoms with Gasteiger partial charge in [0.2, 0.25) is 0 Å². The maximum absolute atomic E-state index is 12.0. The zero-order valence-corrected chi connectivity index (χ0v) is 14.1. The summed E-state index contributed by atoms with van der Waals surface area (Å²) in [4.78, 5) is 13.9. The van der Waals surface area contributed by atoms with Crippen LogP contribution in [0.1, 0.15) is 10.4 Å². The number of rotatable bonds is 3. The Hall–Kier alpha value is -0.790. The predicted octanol–water partition coefficient (Wildman–Crippen LogP) is 4.32. The van der Waals surface area contributed by atoms with Crippen LogP contribution < -0.4 is 10.2 Å². The van der Waals surface area contributed by atoms with Crippen molar-refractivity contribution in [2.45, 2.75) is 0 Å². The number of halogens is 2. The first kappa shape index (κ1) is 14.6. The third-order valence-corrected chi connectivity index (χ3v) is 4.61. The monoisotopic (exact) mass is 406 g/mol. The smallest absolute Gasteiger partial charge is 0.256 e. The number of hydrogen-bond acceptors (Lipinski definition) is 3. The van der Waals surface area contributed by atoms with Gasteiger partial charge in [0.15, 0.2) is 0 Å². The van der Waals surface area contributed by atoms with Gasteiger partial charge in [0, 0.05) is 25.2 Å². The topological polar surface area (TPSA) is 32.3 Å². The lowest BCUT2D eigenvalue weighted by Gasteiger charge is -2.15. The molecular formula is C13H12ClIN2OS. The SMILES string of the molecule is CN(C)c1ccc(NC(=O)c2csc(I)c2)cc1Cl. The van der Waals surface area contributed by atoms with Crippen molar-refractivity contribution in [2.24, 2.45) is 0 Å². The first-order valence-electron chi connectivity index (χ1n) is 5.49. The fourth-order valence-electron chi connectivity index (χ4n) is 1.58. The Balaban J connectivity index is 2.16. The minimum absolute atomic E-state index is 0.118. The molecule has 3 nitrogen and oxygen atoms in total. The summed E-state index contributed by atoms with van der Waals surface area (Å²) in [6.45, 7) is 0. The van der Waals surface area contributed by atoms with Gasteiger partial charge < -0.3 is 10.2 Å². The third kappa shape index (κ3) is 3.61. The average Bonchev–Trinajstić information content (AvgIpc) is 2.75. The van der Waals surface area contributed by atoms with Crippen molar-refractivity contribution < 1.29 is 4.79 Å². The zero-order valence-electron chi connectivity index (χ0n) is 10.4. The van der Waals surface area contributed by atoms with E-state index in [0.717, 1.165) is 8.57 Å². The molecule has 1 amide bonds. The van der Waals surface area contributed by atoms with Gasteiger partial charge in [-0.25, -0.2) is 0 Å². The van der Waals surface area contributed by atoms with E-state index in [0.29, 0.717) is 16.3 Å². The second-order valence-electron chi connectivity index (χ2n) is 4.15. The molecule has 0 bridgehead atoms. The van der Waals surface area contributed by atoms with Crippen molar-refractivity contribution in [2.75, 3.05) is 24.3 Å². The molecule has 6 heteroatoms. The van der Waals surface area contributed by atoms with Crippen LogP contribution in [0, 0.1) is 2.88 Å². The van der Waals surface area contributed by atoms with E-state index in [4.69, 9.17) is 11.6 Å². The molecule has 1 aromatic carbocycles. The van der Waals surface area contributed by atoms with E-state index < -0.39 is 0 Å². The Morgan fingerprint density at radius 2 is 2.11 bits per heavy atom. The van der Waals surface area contributed by atoms with Crippen LogP contribution in [-0.2, 0) is 0 Å². The van der Waals surface area contributed by atoms with Crippen LogP contribution >= 0.6 is 45.5 Å². The fourth-order valence-corrected chi connectivity index (χ4v) is 3.26. The van der Waals surface area contributed by atoms with Crippen LogP contribution in [0.5, 0.6) is 0 Å². The summed E-state index contributed by atoms with van der Waals surface area (Å²) in [6, 6.07) is 7.34. The second-order valence-corrected chi connectivity index (χ2v) is 7.37. The maximum atomic E-state index is 12.0. The molecule has 0 atom stereocenters. The molecule has 2 rings (SSSR count). The zero-order chi connectivity index (χ0) is 14.0. The number of amides is 1. The quantitative estimate of drug-likeness (QED) is 0.770. The molecule has 100 valence electrons. The van der Waals surface area contributed by atoms with Crippen molar-refractivity contribution in [3.63, 3.8) is 0 Å². The van der Waals surface area contributed by atoms with E-state index in [1.54, 1.807) is 17.4 Å². The van der Waals surface area contributed by atoms with Crippen LogP contribution in [0.15, 0.2) is 29.6 Å². The van der Waals surface area contributed by atoms with Gasteiger partial charge in [0.1, 0.15) is 0 Å². The van der Waals surface area contributed by atoms with Crippen LogP contribution in [0.4, 0.5) is 11.4 Å². The number of carbonyl (C=O) groups excluding carboxylic acids is 1. The van der Waals surface area contributed by atoms with Crippen LogP contribution in [0.25, 0.3) is 0 Å². The van der Waals surface area contributed by atoms with Crippen molar-refractivity contribution >= 4 is 62.8 Å². The van der Waals surface area contributed by atoms with E-state index in [9.17, 15) is 4.79 Å². The molecule has 0 unspecified atom stereocenters. The van der Waals surface area contributed by atoms with Crippen LogP contribution in [0.3, 0.4) is 0 Å². The molecule has 0 spiro atoms. The van der Waals surface area contributed by atoms with Crippen LogP contribution in [-0.4, -0.2) is 20.0 Å². The highest BCUT2D eigenvalue weighted by atomic mass is 127. The molecule has 0 aliphatic heterocycles. The lowest BCUT2D eigenvalue weighted by atomic mass is 10.2. The van der Waals surface area contributed by atoms with Gasteiger partial charge >= 0.3 is 0 Å². The Labute approximate surface area is 134 Å². The van der Waals surface area contributed by atoms with Gasteiger partial charge in [0.25, 0.3) is 5.91 Å². The normalized spacial score (nSPS) is 10.3. The van der Waals surface area contributed by atoms with Crippen molar-refractivity contribution in [3.8, 4) is 0 Å². The first-order valence-corrected chi connectivity index (χ1v) is 7.83. The minimum Gasteiger partial charge on any atom is -0.376 e.